The van der Waals surface area contributed by atoms with Gasteiger partial charge < -0.3 is 16.6 Å². The maximum atomic E-state index is 12.7. The highest BCUT2D eigenvalue weighted by Crippen LogP contribution is 2.18. The van der Waals surface area contributed by atoms with E-state index in [9.17, 15) is 4.39 Å². The van der Waals surface area contributed by atoms with Crippen LogP contribution >= 0.6 is 0 Å². The van der Waals surface area contributed by atoms with Gasteiger partial charge in [-0.15, -0.1) is 0 Å². The van der Waals surface area contributed by atoms with Crippen molar-refractivity contribution in [1.29, 1.82) is 0 Å². The van der Waals surface area contributed by atoms with E-state index < -0.39 is 11.9 Å². The van der Waals surface area contributed by atoms with E-state index in [-0.39, 0.29) is 12.3 Å². The molecule has 0 aromatic heterocycles. The average Bonchev–Trinajstić information content (AvgIpc) is 2.01. The van der Waals surface area contributed by atoms with Gasteiger partial charge in [-0.2, -0.15) is 0 Å². The quantitative estimate of drug-likeness (QED) is 0.604. The minimum Gasteiger partial charge on any atom is -0.508 e. The molecule has 1 unspecified atom stereocenters. The summed E-state index contributed by atoms with van der Waals surface area (Å²) in [6.45, 7) is 0.225. The van der Waals surface area contributed by atoms with Gasteiger partial charge in [0.05, 0.1) is 0 Å². The van der Waals surface area contributed by atoms with Crippen molar-refractivity contribution in [2.24, 2.45) is 11.5 Å². The van der Waals surface area contributed by atoms with Gasteiger partial charge in [0.15, 0.2) is 0 Å². The molecule has 0 spiro atoms. The number of halogens is 1. The van der Waals surface area contributed by atoms with Crippen LogP contribution in [-0.2, 0) is 0 Å². The summed E-state index contributed by atoms with van der Waals surface area (Å²) >= 11 is 0. The monoisotopic (exact) mass is 170 g/mol. The SMILES string of the molecule is NCC(N)c1cc(O)cc(F)c1. The number of benzene rings is 1. The molecule has 0 aliphatic heterocycles. The molecule has 0 amide bonds. The van der Waals surface area contributed by atoms with E-state index in [2.05, 4.69) is 0 Å². The zero-order valence-electron chi connectivity index (χ0n) is 6.50. The van der Waals surface area contributed by atoms with Crippen molar-refractivity contribution in [1.82, 2.24) is 0 Å². The first-order valence-corrected chi connectivity index (χ1v) is 3.58. The lowest BCUT2D eigenvalue weighted by Gasteiger charge is -2.08. The zero-order chi connectivity index (χ0) is 9.14. The third-order valence-electron chi connectivity index (χ3n) is 1.59. The molecule has 0 saturated heterocycles. The molecular formula is C8H11FN2O. The molecule has 0 radical (unpaired) electrons. The van der Waals surface area contributed by atoms with Crippen LogP contribution in [0.5, 0.6) is 5.75 Å². The number of hydrogen-bond acceptors (Lipinski definition) is 3. The Kier molecular flexibility index (Phi) is 2.62. The van der Waals surface area contributed by atoms with Crippen LogP contribution in [0.4, 0.5) is 4.39 Å². The molecule has 0 aliphatic carbocycles. The lowest BCUT2D eigenvalue weighted by molar-refractivity contribution is 0.467. The van der Waals surface area contributed by atoms with Crippen molar-refractivity contribution in [3.8, 4) is 5.75 Å². The van der Waals surface area contributed by atoms with Gasteiger partial charge in [0.25, 0.3) is 0 Å². The molecule has 0 heterocycles. The molecule has 4 heteroatoms. The third kappa shape index (κ3) is 1.93. The molecule has 12 heavy (non-hydrogen) atoms. The second kappa shape index (κ2) is 3.51. The van der Waals surface area contributed by atoms with E-state index in [1.54, 1.807) is 0 Å². The predicted molar refractivity (Wildman–Crippen MR) is 44.0 cm³/mol. The summed E-state index contributed by atoms with van der Waals surface area (Å²) in [5, 5.41) is 9.00. The molecular weight excluding hydrogens is 159 g/mol. The highest BCUT2D eigenvalue weighted by molar-refractivity contribution is 5.30. The Balaban J connectivity index is 3.00. The molecule has 0 aliphatic rings. The number of phenolic OH excluding ortho intramolecular Hbond substituents is 1. The first-order valence-electron chi connectivity index (χ1n) is 3.58. The highest BCUT2D eigenvalue weighted by Gasteiger charge is 2.06. The smallest absolute Gasteiger partial charge is 0.127 e. The summed E-state index contributed by atoms with van der Waals surface area (Å²) in [6, 6.07) is 3.26. The van der Waals surface area contributed by atoms with Crippen LogP contribution in [0, 0.1) is 5.82 Å². The van der Waals surface area contributed by atoms with Gasteiger partial charge in [-0.3, -0.25) is 0 Å². The molecule has 0 fully saturated rings. The van der Waals surface area contributed by atoms with Gasteiger partial charge in [-0.25, -0.2) is 4.39 Å². The van der Waals surface area contributed by atoms with Crippen molar-refractivity contribution in [2.75, 3.05) is 6.54 Å². The van der Waals surface area contributed by atoms with Crippen molar-refractivity contribution in [3.63, 3.8) is 0 Å². The van der Waals surface area contributed by atoms with E-state index in [1.165, 1.54) is 12.1 Å². The zero-order valence-corrected chi connectivity index (χ0v) is 6.50. The fourth-order valence-electron chi connectivity index (χ4n) is 0.946. The van der Waals surface area contributed by atoms with E-state index in [0.29, 0.717) is 5.56 Å². The molecule has 1 rings (SSSR count). The average molecular weight is 170 g/mol. The van der Waals surface area contributed by atoms with Crippen LogP contribution in [0.25, 0.3) is 0 Å². The second-order valence-corrected chi connectivity index (χ2v) is 2.58. The standard InChI is InChI=1S/C8H11FN2O/c9-6-1-5(8(11)4-10)2-7(12)3-6/h1-3,8,12H,4,10-11H2. The summed E-state index contributed by atoms with van der Waals surface area (Å²) in [5.74, 6) is -0.636. The summed E-state index contributed by atoms with van der Waals surface area (Å²) in [6.07, 6.45) is 0. The fraction of sp³-hybridized carbons (Fsp3) is 0.250. The minimum absolute atomic E-state index is 0.131. The summed E-state index contributed by atoms with van der Waals surface area (Å²) in [7, 11) is 0. The Morgan fingerprint density at radius 1 is 1.42 bits per heavy atom. The number of rotatable bonds is 2. The third-order valence-corrected chi connectivity index (χ3v) is 1.59. The second-order valence-electron chi connectivity index (χ2n) is 2.58. The van der Waals surface area contributed by atoms with Gasteiger partial charge in [0.2, 0.25) is 0 Å². The summed E-state index contributed by atoms with van der Waals surface area (Å²) < 4.78 is 12.7. The van der Waals surface area contributed by atoms with Crippen LogP contribution < -0.4 is 11.5 Å². The van der Waals surface area contributed by atoms with E-state index in [1.807, 2.05) is 0 Å². The van der Waals surface area contributed by atoms with E-state index >= 15 is 0 Å². The van der Waals surface area contributed by atoms with E-state index in [0.717, 1.165) is 6.07 Å². The predicted octanol–water partition coefficient (Wildman–Crippen LogP) is 0.490. The first kappa shape index (κ1) is 8.96. The van der Waals surface area contributed by atoms with Gasteiger partial charge in [0, 0.05) is 18.7 Å². The van der Waals surface area contributed by atoms with Crippen LogP contribution in [-0.4, -0.2) is 11.7 Å². The van der Waals surface area contributed by atoms with Gasteiger partial charge in [-0.1, -0.05) is 0 Å². The maximum absolute atomic E-state index is 12.7. The van der Waals surface area contributed by atoms with Crippen LogP contribution in [0.3, 0.4) is 0 Å². The fourth-order valence-corrected chi connectivity index (χ4v) is 0.946. The summed E-state index contributed by atoms with van der Waals surface area (Å²) in [4.78, 5) is 0. The minimum atomic E-state index is -0.506. The van der Waals surface area contributed by atoms with E-state index in [4.69, 9.17) is 16.6 Å². The summed E-state index contributed by atoms with van der Waals surface area (Å²) in [5.41, 5.74) is 11.3. The van der Waals surface area contributed by atoms with Crippen LogP contribution in [0.1, 0.15) is 11.6 Å². The number of aromatic hydroxyl groups is 1. The molecule has 1 atom stereocenters. The van der Waals surface area contributed by atoms with Gasteiger partial charge in [-0.05, 0) is 17.7 Å². The molecule has 1 aromatic carbocycles. The molecule has 0 saturated carbocycles. The van der Waals surface area contributed by atoms with Crippen molar-refractivity contribution in [3.05, 3.63) is 29.6 Å². The number of phenols is 1. The molecule has 0 bridgehead atoms. The number of hydrogen-bond donors (Lipinski definition) is 3. The highest BCUT2D eigenvalue weighted by atomic mass is 19.1. The topological polar surface area (TPSA) is 72.3 Å². The Labute approximate surface area is 69.8 Å². The number of nitrogens with two attached hydrogens (primary N) is 2. The molecule has 66 valence electrons. The Bertz CT molecular complexity index is 258. The van der Waals surface area contributed by atoms with Crippen molar-refractivity contribution < 1.29 is 9.50 Å². The van der Waals surface area contributed by atoms with Gasteiger partial charge >= 0.3 is 0 Å². The van der Waals surface area contributed by atoms with Crippen LogP contribution in [0.2, 0.25) is 0 Å². The lowest BCUT2D eigenvalue weighted by Crippen LogP contribution is -2.20. The largest absolute Gasteiger partial charge is 0.508 e. The Hall–Kier alpha value is -1.13. The molecule has 1 aromatic rings. The lowest BCUT2D eigenvalue weighted by atomic mass is 10.1. The van der Waals surface area contributed by atoms with Crippen LogP contribution in [0.15, 0.2) is 18.2 Å². The van der Waals surface area contributed by atoms with Crippen molar-refractivity contribution in [2.45, 2.75) is 6.04 Å². The normalized spacial score (nSPS) is 12.9. The van der Waals surface area contributed by atoms with Crippen molar-refractivity contribution >= 4 is 0 Å². The first-order chi connectivity index (χ1) is 5.63. The Morgan fingerprint density at radius 3 is 2.58 bits per heavy atom. The maximum Gasteiger partial charge on any atom is 0.127 e. The Morgan fingerprint density at radius 2 is 2.08 bits per heavy atom. The molecule has 5 N–H and O–H groups in total. The van der Waals surface area contributed by atoms with Gasteiger partial charge in [0.1, 0.15) is 11.6 Å². The molecule has 3 nitrogen and oxygen atoms in total.